The van der Waals surface area contributed by atoms with Gasteiger partial charge in [0.1, 0.15) is 5.82 Å². The summed E-state index contributed by atoms with van der Waals surface area (Å²) in [6.45, 7) is 4.32. The van der Waals surface area contributed by atoms with Gasteiger partial charge in [0.25, 0.3) is 5.56 Å². The number of carbonyl (C=O) groups excluding carboxylic acids is 1. The van der Waals surface area contributed by atoms with Crippen molar-refractivity contribution in [2.24, 2.45) is 0 Å². The summed E-state index contributed by atoms with van der Waals surface area (Å²) in [5.74, 6) is -0.526. The topological polar surface area (TPSA) is 89.3 Å². The second-order valence-electron chi connectivity index (χ2n) is 6.56. The molecule has 1 aliphatic heterocycles. The third-order valence-electron chi connectivity index (χ3n) is 4.73. The Labute approximate surface area is 163 Å². The highest BCUT2D eigenvalue weighted by molar-refractivity contribution is 9.10. The van der Waals surface area contributed by atoms with E-state index in [2.05, 4.69) is 30.8 Å². The number of carbonyl (C=O) groups is 1. The summed E-state index contributed by atoms with van der Waals surface area (Å²) in [5.41, 5.74) is 0.529. The van der Waals surface area contributed by atoms with Crippen LogP contribution in [0.25, 0.3) is 0 Å². The number of H-pyrrole nitrogens is 2. The van der Waals surface area contributed by atoms with Gasteiger partial charge in [-0.2, -0.15) is 0 Å². The first-order chi connectivity index (χ1) is 12.8. The van der Waals surface area contributed by atoms with Crippen LogP contribution in [-0.4, -0.2) is 51.9 Å². The number of aromatic nitrogens is 2. The van der Waals surface area contributed by atoms with Crippen LogP contribution in [0.4, 0.5) is 4.39 Å². The minimum absolute atomic E-state index is 0.0178. The van der Waals surface area contributed by atoms with Gasteiger partial charge in [-0.05, 0) is 34.5 Å². The van der Waals surface area contributed by atoms with E-state index in [9.17, 15) is 18.8 Å². The van der Waals surface area contributed by atoms with Crippen LogP contribution in [0.15, 0.2) is 32.3 Å². The van der Waals surface area contributed by atoms with E-state index in [1.54, 1.807) is 30.0 Å². The largest absolute Gasteiger partial charge is 0.340 e. The van der Waals surface area contributed by atoms with Crippen molar-refractivity contribution in [2.75, 3.05) is 26.2 Å². The van der Waals surface area contributed by atoms with E-state index in [-0.39, 0.29) is 17.9 Å². The first-order valence-electron chi connectivity index (χ1n) is 8.60. The molecule has 1 aromatic carbocycles. The second kappa shape index (κ2) is 8.18. The standard InChI is InChI=1S/C18H20BrFN4O3/c1-11-13(17(26)22-18(27)21-11)10-23-5-7-24(8-6-23)15(25)9-12-3-2-4-14(19)16(12)20/h2-4H,5-10H2,1H3,(H2,21,22,26,27). The molecule has 0 bridgehead atoms. The Hall–Kier alpha value is -2.26. The summed E-state index contributed by atoms with van der Waals surface area (Å²) >= 11 is 3.13. The summed E-state index contributed by atoms with van der Waals surface area (Å²) < 4.78 is 14.4. The third kappa shape index (κ3) is 4.54. The van der Waals surface area contributed by atoms with Crippen molar-refractivity contribution in [2.45, 2.75) is 19.9 Å². The maximum Gasteiger partial charge on any atom is 0.325 e. The molecule has 1 aliphatic rings. The first kappa shape index (κ1) is 19.5. The molecule has 0 aliphatic carbocycles. The van der Waals surface area contributed by atoms with Gasteiger partial charge < -0.3 is 9.88 Å². The fraction of sp³-hybridized carbons (Fsp3) is 0.389. The third-order valence-corrected chi connectivity index (χ3v) is 5.35. The predicted octanol–water partition coefficient (Wildman–Crippen LogP) is 1.16. The van der Waals surface area contributed by atoms with Gasteiger partial charge in [0.2, 0.25) is 5.91 Å². The zero-order valence-electron chi connectivity index (χ0n) is 14.8. The van der Waals surface area contributed by atoms with Gasteiger partial charge in [0.15, 0.2) is 0 Å². The van der Waals surface area contributed by atoms with Crippen LogP contribution in [0.5, 0.6) is 0 Å². The van der Waals surface area contributed by atoms with Crippen molar-refractivity contribution in [3.05, 3.63) is 66.1 Å². The summed E-state index contributed by atoms with van der Waals surface area (Å²) in [4.78, 5) is 44.3. The number of amides is 1. The number of nitrogens with one attached hydrogen (secondary N) is 2. The van der Waals surface area contributed by atoms with E-state index in [1.807, 2.05) is 0 Å². The molecule has 1 fully saturated rings. The average molecular weight is 439 g/mol. The average Bonchev–Trinajstić information content (AvgIpc) is 2.62. The lowest BCUT2D eigenvalue weighted by Gasteiger charge is -2.34. The number of aromatic amines is 2. The Morgan fingerprint density at radius 2 is 1.89 bits per heavy atom. The van der Waals surface area contributed by atoms with Gasteiger partial charge in [-0.25, -0.2) is 9.18 Å². The molecule has 0 spiro atoms. The molecular formula is C18H20BrFN4O3. The molecule has 0 saturated carbocycles. The molecule has 27 heavy (non-hydrogen) atoms. The van der Waals surface area contributed by atoms with E-state index in [4.69, 9.17) is 0 Å². The van der Waals surface area contributed by atoms with Crippen LogP contribution in [0.3, 0.4) is 0 Å². The molecule has 144 valence electrons. The van der Waals surface area contributed by atoms with Gasteiger partial charge in [-0.15, -0.1) is 0 Å². The maximum atomic E-state index is 14.1. The minimum atomic E-state index is -0.517. The highest BCUT2D eigenvalue weighted by Gasteiger charge is 2.23. The Kier molecular flexibility index (Phi) is 5.91. The molecule has 0 atom stereocenters. The molecule has 1 saturated heterocycles. The zero-order valence-corrected chi connectivity index (χ0v) is 16.4. The lowest BCUT2D eigenvalue weighted by molar-refractivity contribution is -0.132. The van der Waals surface area contributed by atoms with Gasteiger partial charge in [-0.3, -0.25) is 19.5 Å². The predicted molar refractivity (Wildman–Crippen MR) is 102 cm³/mol. The number of aryl methyl sites for hydroxylation is 1. The Bertz CT molecular complexity index is 964. The molecule has 7 nitrogen and oxygen atoms in total. The van der Waals surface area contributed by atoms with E-state index < -0.39 is 11.5 Å². The fourth-order valence-corrected chi connectivity index (χ4v) is 3.56. The van der Waals surface area contributed by atoms with E-state index in [0.717, 1.165) is 0 Å². The Balaban J connectivity index is 1.59. The molecule has 9 heteroatoms. The van der Waals surface area contributed by atoms with Crippen molar-refractivity contribution in [3.63, 3.8) is 0 Å². The monoisotopic (exact) mass is 438 g/mol. The number of piperazine rings is 1. The van der Waals surface area contributed by atoms with Crippen molar-refractivity contribution in [3.8, 4) is 0 Å². The Morgan fingerprint density at radius 3 is 2.56 bits per heavy atom. The molecular weight excluding hydrogens is 419 g/mol. The fourth-order valence-electron chi connectivity index (χ4n) is 3.15. The Morgan fingerprint density at radius 1 is 1.19 bits per heavy atom. The summed E-state index contributed by atoms with van der Waals surface area (Å²) in [6.07, 6.45) is 0.0178. The van der Waals surface area contributed by atoms with E-state index >= 15 is 0 Å². The molecule has 3 rings (SSSR count). The summed E-state index contributed by atoms with van der Waals surface area (Å²) in [5, 5.41) is 0. The molecule has 0 unspecified atom stereocenters. The van der Waals surface area contributed by atoms with Crippen molar-refractivity contribution in [1.29, 1.82) is 0 Å². The highest BCUT2D eigenvalue weighted by Crippen LogP contribution is 2.19. The summed E-state index contributed by atoms with van der Waals surface area (Å²) in [7, 11) is 0. The lowest BCUT2D eigenvalue weighted by atomic mass is 10.1. The van der Waals surface area contributed by atoms with Crippen molar-refractivity contribution < 1.29 is 9.18 Å². The molecule has 1 aromatic heterocycles. The summed E-state index contributed by atoms with van der Waals surface area (Å²) in [6, 6.07) is 4.92. The van der Waals surface area contributed by atoms with Crippen LogP contribution in [0, 0.1) is 12.7 Å². The number of hydrogen-bond acceptors (Lipinski definition) is 4. The quantitative estimate of drug-likeness (QED) is 0.749. The van der Waals surface area contributed by atoms with Crippen molar-refractivity contribution >= 4 is 21.8 Å². The normalized spacial score (nSPS) is 15.1. The van der Waals surface area contributed by atoms with E-state index in [1.165, 1.54) is 0 Å². The van der Waals surface area contributed by atoms with Gasteiger partial charge in [0.05, 0.1) is 16.5 Å². The number of benzene rings is 1. The molecule has 2 aromatic rings. The van der Waals surface area contributed by atoms with Gasteiger partial charge in [-0.1, -0.05) is 12.1 Å². The maximum absolute atomic E-state index is 14.1. The molecule has 2 N–H and O–H groups in total. The molecule has 0 radical (unpaired) electrons. The molecule has 1 amide bonds. The number of rotatable bonds is 4. The number of hydrogen-bond donors (Lipinski definition) is 2. The zero-order chi connectivity index (χ0) is 19.6. The van der Waals surface area contributed by atoms with Crippen LogP contribution in [0.1, 0.15) is 16.8 Å². The first-order valence-corrected chi connectivity index (χ1v) is 9.39. The van der Waals surface area contributed by atoms with Crippen LogP contribution >= 0.6 is 15.9 Å². The van der Waals surface area contributed by atoms with Gasteiger partial charge >= 0.3 is 5.69 Å². The van der Waals surface area contributed by atoms with Crippen LogP contribution in [0.2, 0.25) is 0 Å². The number of nitrogens with zero attached hydrogens (tertiary/aromatic N) is 2. The van der Waals surface area contributed by atoms with Crippen LogP contribution < -0.4 is 11.2 Å². The van der Waals surface area contributed by atoms with Gasteiger partial charge in [0, 0.05) is 38.4 Å². The second-order valence-corrected chi connectivity index (χ2v) is 7.41. The molecule has 2 heterocycles. The van der Waals surface area contributed by atoms with Crippen molar-refractivity contribution in [1.82, 2.24) is 19.8 Å². The SMILES string of the molecule is Cc1[nH]c(=O)[nH]c(=O)c1CN1CCN(C(=O)Cc2cccc(Br)c2F)CC1. The number of halogens is 2. The van der Waals surface area contributed by atoms with E-state index in [0.29, 0.717) is 54.0 Å². The smallest absolute Gasteiger partial charge is 0.325 e. The minimum Gasteiger partial charge on any atom is -0.340 e. The van der Waals surface area contributed by atoms with Crippen LogP contribution in [-0.2, 0) is 17.8 Å². The highest BCUT2D eigenvalue weighted by atomic mass is 79.9. The lowest BCUT2D eigenvalue weighted by Crippen LogP contribution is -2.49.